The smallest absolute Gasteiger partial charge is 0.0705 e. The lowest BCUT2D eigenvalue weighted by molar-refractivity contribution is -0.0882. The van der Waals surface area contributed by atoms with Crippen molar-refractivity contribution in [2.75, 3.05) is 13.7 Å². The third kappa shape index (κ3) is 3.58. The van der Waals surface area contributed by atoms with E-state index in [1.807, 2.05) is 0 Å². The Morgan fingerprint density at radius 2 is 1.71 bits per heavy atom. The monoisotopic (exact) mass is 202 g/mol. The first-order chi connectivity index (χ1) is 6.37. The van der Waals surface area contributed by atoms with Crippen molar-refractivity contribution >= 4 is 0 Å². The van der Waals surface area contributed by atoms with Crippen LogP contribution in [0.4, 0.5) is 0 Å². The Hall–Kier alpha value is -0.0800. The number of hydrogen-bond donors (Lipinski definition) is 1. The second-order valence-corrected chi connectivity index (χ2v) is 5.15. The first kappa shape index (κ1) is 13.9. The summed E-state index contributed by atoms with van der Waals surface area (Å²) in [6.45, 7) is 11.0. The molecule has 0 bridgehead atoms. The standard InChI is InChI=1S/C12H26O2/c1-9(2)7-12(5,14-6)11(8-13)10(3)4/h9-11,13H,7-8H2,1-6H3. The van der Waals surface area contributed by atoms with Gasteiger partial charge in [-0.05, 0) is 25.2 Å². The van der Waals surface area contributed by atoms with E-state index in [9.17, 15) is 5.11 Å². The molecule has 0 spiro atoms. The van der Waals surface area contributed by atoms with Crippen molar-refractivity contribution in [3.63, 3.8) is 0 Å². The highest BCUT2D eigenvalue weighted by molar-refractivity contribution is 4.86. The average Bonchev–Trinajstić information content (AvgIpc) is 2.03. The molecule has 0 saturated heterocycles. The summed E-state index contributed by atoms with van der Waals surface area (Å²) >= 11 is 0. The largest absolute Gasteiger partial charge is 0.396 e. The fourth-order valence-corrected chi connectivity index (χ4v) is 2.31. The van der Waals surface area contributed by atoms with Crippen LogP contribution in [0.1, 0.15) is 41.0 Å². The Bertz CT molecular complexity index is 154. The predicted molar refractivity (Wildman–Crippen MR) is 60.3 cm³/mol. The molecule has 86 valence electrons. The van der Waals surface area contributed by atoms with Crippen molar-refractivity contribution in [3.05, 3.63) is 0 Å². The minimum Gasteiger partial charge on any atom is -0.396 e. The molecule has 1 N–H and O–H groups in total. The fourth-order valence-electron chi connectivity index (χ4n) is 2.31. The van der Waals surface area contributed by atoms with E-state index in [0.29, 0.717) is 11.8 Å². The van der Waals surface area contributed by atoms with Crippen LogP contribution in [0.2, 0.25) is 0 Å². The zero-order valence-electron chi connectivity index (χ0n) is 10.5. The molecule has 0 aromatic carbocycles. The fraction of sp³-hybridized carbons (Fsp3) is 1.00. The maximum absolute atomic E-state index is 9.40. The third-order valence-electron chi connectivity index (χ3n) is 3.07. The van der Waals surface area contributed by atoms with Crippen LogP contribution in [0.3, 0.4) is 0 Å². The minimum absolute atomic E-state index is 0.197. The van der Waals surface area contributed by atoms with Crippen molar-refractivity contribution in [2.24, 2.45) is 17.8 Å². The van der Waals surface area contributed by atoms with E-state index in [1.54, 1.807) is 7.11 Å². The van der Waals surface area contributed by atoms with Crippen LogP contribution in [0.15, 0.2) is 0 Å². The van der Waals surface area contributed by atoms with Crippen LogP contribution >= 0.6 is 0 Å². The highest BCUT2D eigenvalue weighted by Crippen LogP contribution is 2.33. The van der Waals surface area contributed by atoms with Gasteiger partial charge < -0.3 is 9.84 Å². The van der Waals surface area contributed by atoms with Crippen LogP contribution in [-0.2, 0) is 4.74 Å². The quantitative estimate of drug-likeness (QED) is 0.717. The maximum atomic E-state index is 9.40. The van der Waals surface area contributed by atoms with E-state index >= 15 is 0 Å². The molecule has 0 heterocycles. The van der Waals surface area contributed by atoms with Gasteiger partial charge >= 0.3 is 0 Å². The van der Waals surface area contributed by atoms with E-state index in [0.717, 1.165) is 6.42 Å². The zero-order valence-corrected chi connectivity index (χ0v) is 10.5. The number of hydrogen-bond acceptors (Lipinski definition) is 2. The van der Waals surface area contributed by atoms with E-state index < -0.39 is 0 Å². The van der Waals surface area contributed by atoms with Gasteiger partial charge in [0.25, 0.3) is 0 Å². The molecule has 0 saturated carbocycles. The van der Waals surface area contributed by atoms with Gasteiger partial charge in [0.1, 0.15) is 0 Å². The first-order valence-electron chi connectivity index (χ1n) is 5.53. The number of rotatable bonds is 6. The van der Waals surface area contributed by atoms with Gasteiger partial charge in [-0.2, -0.15) is 0 Å². The summed E-state index contributed by atoms with van der Waals surface area (Å²) in [5.74, 6) is 1.26. The zero-order chi connectivity index (χ0) is 11.4. The van der Waals surface area contributed by atoms with Gasteiger partial charge in [-0.25, -0.2) is 0 Å². The highest BCUT2D eigenvalue weighted by Gasteiger charge is 2.36. The number of ether oxygens (including phenoxy) is 1. The van der Waals surface area contributed by atoms with Gasteiger partial charge in [0.2, 0.25) is 0 Å². The Balaban J connectivity index is 4.61. The molecule has 2 nitrogen and oxygen atoms in total. The van der Waals surface area contributed by atoms with Crippen molar-refractivity contribution in [1.82, 2.24) is 0 Å². The molecule has 0 radical (unpaired) electrons. The predicted octanol–water partition coefficient (Wildman–Crippen LogP) is 2.70. The molecule has 2 unspecified atom stereocenters. The SMILES string of the molecule is COC(C)(CC(C)C)C(CO)C(C)C. The summed E-state index contributed by atoms with van der Waals surface area (Å²) in [7, 11) is 1.74. The molecule has 0 aromatic heterocycles. The van der Waals surface area contributed by atoms with Crippen LogP contribution < -0.4 is 0 Å². The lowest BCUT2D eigenvalue weighted by Crippen LogP contribution is -2.43. The summed E-state index contributed by atoms with van der Waals surface area (Å²) in [6, 6.07) is 0. The summed E-state index contributed by atoms with van der Waals surface area (Å²) in [6.07, 6.45) is 0.993. The second-order valence-electron chi connectivity index (χ2n) is 5.15. The van der Waals surface area contributed by atoms with Gasteiger partial charge in [0.05, 0.1) is 5.60 Å². The maximum Gasteiger partial charge on any atom is 0.0705 e. The molecule has 0 aromatic rings. The Morgan fingerprint density at radius 3 is 1.93 bits per heavy atom. The third-order valence-corrected chi connectivity index (χ3v) is 3.07. The molecule has 0 aliphatic heterocycles. The van der Waals surface area contributed by atoms with E-state index in [2.05, 4.69) is 34.6 Å². The molecule has 2 atom stereocenters. The minimum atomic E-state index is -0.197. The van der Waals surface area contributed by atoms with Gasteiger partial charge in [-0.15, -0.1) is 0 Å². The van der Waals surface area contributed by atoms with Crippen LogP contribution in [0.5, 0.6) is 0 Å². The van der Waals surface area contributed by atoms with Crippen LogP contribution in [0, 0.1) is 17.8 Å². The molecule has 0 aliphatic carbocycles. The number of methoxy groups -OCH3 is 1. The molecule has 0 fully saturated rings. The Morgan fingerprint density at radius 1 is 1.21 bits per heavy atom. The molecule has 14 heavy (non-hydrogen) atoms. The van der Waals surface area contributed by atoms with Gasteiger partial charge in [-0.3, -0.25) is 0 Å². The summed E-state index contributed by atoms with van der Waals surface area (Å²) in [4.78, 5) is 0. The lowest BCUT2D eigenvalue weighted by Gasteiger charge is -2.39. The molecule has 0 amide bonds. The van der Waals surface area contributed by atoms with Gasteiger partial charge in [-0.1, -0.05) is 27.7 Å². The number of aliphatic hydroxyl groups is 1. The van der Waals surface area contributed by atoms with Gasteiger partial charge in [0, 0.05) is 19.6 Å². The Labute approximate surface area is 88.7 Å². The van der Waals surface area contributed by atoms with E-state index in [1.165, 1.54) is 0 Å². The lowest BCUT2D eigenvalue weighted by atomic mass is 9.76. The molecule has 2 heteroatoms. The van der Waals surface area contributed by atoms with E-state index in [4.69, 9.17) is 4.74 Å². The topological polar surface area (TPSA) is 29.5 Å². The summed E-state index contributed by atoms with van der Waals surface area (Å²) in [5.41, 5.74) is -0.197. The normalized spacial score (nSPS) is 18.6. The molecular formula is C12H26O2. The van der Waals surface area contributed by atoms with E-state index in [-0.39, 0.29) is 18.1 Å². The average molecular weight is 202 g/mol. The van der Waals surface area contributed by atoms with Crippen molar-refractivity contribution < 1.29 is 9.84 Å². The Kier molecular flexibility index (Phi) is 5.68. The van der Waals surface area contributed by atoms with Crippen molar-refractivity contribution in [3.8, 4) is 0 Å². The summed E-state index contributed by atoms with van der Waals surface area (Å²) in [5, 5.41) is 9.40. The first-order valence-corrected chi connectivity index (χ1v) is 5.53. The highest BCUT2D eigenvalue weighted by atomic mass is 16.5. The van der Waals surface area contributed by atoms with Crippen LogP contribution in [0.25, 0.3) is 0 Å². The number of aliphatic hydroxyl groups excluding tert-OH is 1. The summed E-state index contributed by atoms with van der Waals surface area (Å²) < 4.78 is 5.60. The van der Waals surface area contributed by atoms with Crippen molar-refractivity contribution in [2.45, 2.75) is 46.6 Å². The molecule has 0 rings (SSSR count). The van der Waals surface area contributed by atoms with Gasteiger partial charge in [0.15, 0.2) is 0 Å². The van der Waals surface area contributed by atoms with Crippen molar-refractivity contribution in [1.29, 1.82) is 0 Å². The van der Waals surface area contributed by atoms with Crippen LogP contribution in [-0.4, -0.2) is 24.4 Å². The molecular weight excluding hydrogens is 176 g/mol. The molecule has 0 aliphatic rings. The second kappa shape index (κ2) is 5.72.